The largest absolute Gasteiger partial charge is 0.357 e. The number of alkyl halides is 2. The van der Waals surface area contributed by atoms with Gasteiger partial charge in [0.25, 0.3) is 5.56 Å². The molecule has 37 heavy (non-hydrogen) atoms. The molecule has 0 amide bonds. The number of aromatic nitrogens is 5. The van der Waals surface area contributed by atoms with Crippen LogP contribution < -0.4 is 10.3 Å². The minimum atomic E-state index is -3.65. The second-order valence-electron chi connectivity index (χ2n) is 8.70. The fraction of sp³-hybridized carbons (Fsp3) is 0.240. The maximum Gasteiger partial charge on any atom is 0.274 e. The molecule has 0 saturated heterocycles. The van der Waals surface area contributed by atoms with Gasteiger partial charge in [0.05, 0.1) is 30.0 Å². The molecule has 0 radical (unpaired) electrons. The van der Waals surface area contributed by atoms with E-state index in [4.69, 9.17) is 4.98 Å². The van der Waals surface area contributed by atoms with Crippen molar-refractivity contribution in [2.75, 3.05) is 10.5 Å². The first-order chi connectivity index (χ1) is 17.7. The molecule has 4 aromatic heterocycles. The number of sulfonamides is 1. The van der Waals surface area contributed by atoms with Gasteiger partial charge in [-0.2, -0.15) is 0 Å². The summed E-state index contributed by atoms with van der Waals surface area (Å²) < 4.78 is 57.5. The monoisotopic (exact) mass is 526 g/mol. The van der Waals surface area contributed by atoms with E-state index in [0.29, 0.717) is 50.0 Å². The van der Waals surface area contributed by atoms with Crippen molar-refractivity contribution in [2.24, 2.45) is 7.05 Å². The Morgan fingerprint density at radius 2 is 1.92 bits per heavy atom. The lowest BCUT2D eigenvalue weighted by atomic mass is 10.0. The van der Waals surface area contributed by atoms with Gasteiger partial charge in [0.2, 0.25) is 10.0 Å². The van der Waals surface area contributed by atoms with Crippen molar-refractivity contribution in [1.82, 2.24) is 24.1 Å². The van der Waals surface area contributed by atoms with Crippen LogP contribution in [0.5, 0.6) is 0 Å². The normalized spacial score (nSPS) is 12.0. The number of nitrogens with one attached hydrogen (secondary N) is 2. The number of pyridine rings is 2. The number of hydrogen-bond acceptors (Lipinski definition) is 5. The smallest absolute Gasteiger partial charge is 0.274 e. The van der Waals surface area contributed by atoms with Gasteiger partial charge in [0, 0.05) is 30.4 Å². The highest BCUT2D eigenvalue weighted by molar-refractivity contribution is 7.92. The number of anilines is 1. The Balaban J connectivity index is 1.72. The first kappa shape index (κ1) is 24.6. The van der Waals surface area contributed by atoms with Gasteiger partial charge in [-0.25, -0.2) is 27.2 Å². The van der Waals surface area contributed by atoms with Gasteiger partial charge in [-0.05, 0) is 35.7 Å². The molecule has 5 rings (SSSR count). The second kappa shape index (κ2) is 9.43. The van der Waals surface area contributed by atoms with Gasteiger partial charge in [-0.3, -0.25) is 9.52 Å². The molecule has 0 saturated carbocycles. The number of imidazole rings is 1. The fourth-order valence-corrected chi connectivity index (χ4v) is 4.94. The van der Waals surface area contributed by atoms with Crippen molar-refractivity contribution >= 4 is 37.8 Å². The lowest BCUT2D eigenvalue weighted by molar-refractivity contribution is 0.472. The maximum atomic E-state index is 13.7. The summed E-state index contributed by atoms with van der Waals surface area (Å²) in [5.74, 6) is -0.143. The van der Waals surface area contributed by atoms with E-state index < -0.39 is 23.4 Å². The SMILES string of the molecule is CCS(=O)(=O)Nc1cc(-c2cn(C)c(=O)c3[nH]ccc23)nc2c1ncn2Cc1ccc(CF)cc1CF. The van der Waals surface area contributed by atoms with Crippen LogP contribution in [0.25, 0.3) is 33.3 Å². The highest BCUT2D eigenvalue weighted by Gasteiger charge is 2.19. The highest BCUT2D eigenvalue weighted by atomic mass is 32.2. The van der Waals surface area contributed by atoms with Crippen molar-refractivity contribution < 1.29 is 17.2 Å². The standard InChI is InChI=1S/C25H24F2N6O3S/c1-3-37(35,36)31-21-9-20(19-13-32(2)25(34)22-18(19)6-7-28-22)30-24-23(21)29-14-33(24)12-16-5-4-15(10-26)8-17(16)11-27/h4-9,13-14,28H,3,10-12H2,1-2H3,(H,30,31). The molecule has 0 aliphatic heterocycles. The molecule has 0 atom stereocenters. The van der Waals surface area contributed by atoms with Crippen molar-refractivity contribution in [3.63, 3.8) is 0 Å². The summed E-state index contributed by atoms with van der Waals surface area (Å²) in [6.45, 7) is 0.252. The minimum absolute atomic E-state index is 0.143. The third-order valence-corrected chi connectivity index (χ3v) is 7.59. The maximum absolute atomic E-state index is 13.7. The Labute approximate surface area is 210 Å². The zero-order valence-electron chi connectivity index (χ0n) is 20.1. The molecule has 0 fully saturated rings. The van der Waals surface area contributed by atoms with Crippen molar-refractivity contribution in [3.05, 3.63) is 76.1 Å². The zero-order chi connectivity index (χ0) is 26.3. The van der Waals surface area contributed by atoms with Gasteiger partial charge >= 0.3 is 0 Å². The molecular weight excluding hydrogens is 502 g/mol. The van der Waals surface area contributed by atoms with E-state index in [0.717, 1.165) is 0 Å². The molecule has 9 nitrogen and oxygen atoms in total. The molecule has 0 aliphatic rings. The van der Waals surface area contributed by atoms with Crippen LogP contribution in [0.2, 0.25) is 0 Å². The Morgan fingerprint density at radius 3 is 2.65 bits per heavy atom. The van der Waals surface area contributed by atoms with Crippen LogP contribution in [0.3, 0.4) is 0 Å². The molecule has 0 spiro atoms. The van der Waals surface area contributed by atoms with E-state index in [1.54, 1.807) is 48.3 Å². The molecule has 192 valence electrons. The third kappa shape index (κ3) is 4.48. The number of aryl methyl sites for hydroxylation is 1. The summed E-state index contributed by atoms with van der Waals surface area (Å²) in [7, 11) is -2.03. The van der Waals surface area contributed by atoms with E-state index in [-0.39, 0.29) is 23.5 Å². The summed E-state index contributed by atoms with van der Waals surface area (Å²) in [4.78, 5) is 24.7. The first-order valence-corrected chi connectivity index (χ1v) is 13.2. The van der Waals surface area contributed by atoms with Crippen molar-refractivity contribution in [2.45, 2.75) is 26.8 Å². The quantitative estimate of drug-likeness (QED) is 0.317. The number of fused-ring (bicyclic) bond motifs is 2. The van der Waals surface area contributed by atoms with E-state index in [2.05, 4.69) is 14.7 Å². The molecule has 5 aromatic rings. The van der Waals surface area contributed by atoms with E-state index >= 15 is 0 Å². The number of H-pyrrole nitrogens is 1. The Morgan fingerprint density at radius 1 is 1.11 bits per heavy atom. The second-order valence-corrected chi connectivity index (χ2v) is 10.7. The molecular formula is C25H24F2N6O3S. The predicted molar refractivity (Wildman–Crippen MR) is 138 cm³/mol. The summed E-state index contributed by atoms with van der Waals surface area (Å²) in [5, 5.41) is 0.631. The van der Waals surface area contributed by atoms with Gasteiger partial charge in [0.1, 0.15) is 24.4 Å². The number of halogens is 2. The first-order valence-electron chi connectivity index (χ1n) is 11.5. The third-order valence-electron chi connectivity index (χ3n) is 6.30. The molecule has 4 heterocycles. The summed E-state index contributed by atoms with van der Waals surface area (Å²) in [6, 6.07) is 8.09. The van der Waals surface area contributed by atoms with Crippen molar-refractivity contribution in [3.8, 4) is 11.3 Å². The van der Waals surface area contributed by atoms with Gasteiger partial charge in [-0.15, -0.1) is 0 Å². The Kier molecular flexibility index (Phi) is 6.28. The summed E-state index contributed by atoms with van der Waals surface area (Å²) >= 11 is 0. The van der Waals surface area contributed by atoms with Crippen molar-refractivity contribution in [1.29, 1.82) is 0 Å². The molecule has 0 bridgehead atoms. The van der Waals surface area contributed by atoms with Crippen LogP contribution in [0.1, 0.15) is 23.6 Å². The van der Waals surface area contributed by atoms with Crippen LogP contribution >= 0.6 is 0 Å². The zero-order valence-corrected chi connectivity index (χ0v) is 20.9. The molecule has 0 aliphatic carbocycles. The number of benzene rings is 1. The van der Waals surface area contributed by atoms with Crippen LogP contribution in [0, 0.1) is 0 Å². The molecule has 0 unspecified atom stereocenters. The highest BCUT2D eigenvalue weighted by Crippen LogP contribution is 2.32. The van der Waals surface area contributed by atoms with Gasteiger partial charge in [-0.1, -0.05) is 18.2 Å². The number of hydrogen-bond donors (Lipinski definition) is 2. The van der Waals surface area contributed by atoms with Crippen LogP contribution in [-0.2, 0) is 37.0 Å². The predicted octanol–water partition coefficient (Wildman–Crippen LogP) is 4.03. The van der Waals surface area contributed by atoms with E-state index in [9.17, 15) is 22.0 Å². The lowest BCUT2D eigenvalue weighted by Gasteiger charge is -2.13. The molecule has 2 N–H and O–H groups in total. The van der Waals surface area contributed by atoms with Crippen LogP contribution in [0.15, 0.2) is 53.8 Å². The van der Waals surface area contributed by atoms with Crippen LogP contribution in [-0.4, -0.2) is 38.3 Å². The number of rotatable bonds is 8. The fourth-order valence-electron chi connectivity index (χ4n) is 4.30. The average Bonchev–Trinajstić information content (AvgIpc) is 3.54. The number of aromatic amines is 1. The molecule has 12 heteroatoms. The number of nitrogens with zero attached hydrogens (tertiary/aromatic N) is 4. The average molecular weight is 527 g/mol. The topological polar surface area (TPSA) is 115 Å². The Bertz CT molecular complexity index is 1810. The summed E-state index contributed by atoms with van der Waals surface area (Å²) in [5.41, 5.74) is 3.49. The lowest BCUT2D eigenvalue weighted by Crippen LogP contribution is -2.17. The van der Waals surface area contributed by atoms with Gasteiger partial charge in [0.15, 0.2) is 5.65 Å². The molecule has 1 aromatic carbocycles. The summed E-state index contributed by atoms with van der Waals surface area (Å²) in [6.07, 6.45) is 4.80. The van der Waals surface area contributed by atoms with Gasteiger partial charge < -0.3 is 14.1 Å². The van der Waals surface area contributed by atoms with Crippen LogP contribution in [0.4, 0.5) is 14.5 Å². The minimum Gasteiger partial charge on any atom is -0.357 e. The Hall–Kier alpha value is -4.06. The van der Waals surface area contributed by atoms with E-state index in [1.165, 1.54) is 23.9 Å². The van der Waals surface area contributed by atoms with E-state index in [1.807, 2.05) is 0 Å².